The van der Waals surface area contributed by atoms with Crippen LogP contribution in [0.25, 0.3) is 0 Å². The van der Waals surface area contributed by atoms with E-state index in [2.05, 4.69) is 10.1 Å². The molecule has 0 aliphatic carbocycles. The Labute approximate surface area is 166 Å². The van der Waals surface area contributed by atoms with Crippen LogP contribution < -0.4 is 5.56 Å². The molecule has 0 bridgehead atoms. The van der Waals surface area contributed by atoms with Crippen molar-refractivity contribution in [3.05, 3.63) is 81.7 Å². The number of aryl methyl sites for hydroxylation is 1. The zero-order chi connectivity index (χ0) is 20.4. The third kappa shape index (κ3) is 4.26. The van der Waals surface area contributed by atoms with Gasteiger partial charge in [0.1, 0.15) is 24.2 Å². The summed E-state index contributed by atoms with van der Waals surface area (Å²) in [7, 11) is 0. The highest BCUT2D eigenvalue weighted by molar-refractivity contribution is 5.76. The third-order valence-corrected chi connectivity index (χ3v) is 4.98. The second kappa shape index (κ2) is 7.98. The molecule has 0 saturated carbocycles. The number of nitrogens with zero attached hydrogens (tertiary/aromatic N) is 4. The summed E-state index contributed by atoms with van der Waals surface area (Å²) in [4.78, 5) is 30.8. The number of carbonyl (C=O) groups is 1. The molecule has 150 valence electrons. The Bertz CT molecular complexity index is 1090. The van der Waals surface area contributed by atoms with Crippen LogP contribution >= 0.6 is 0 Å². The lowest BCUT2D eigenvalue weighted by Gasteiger charge is -2.22. The van der Waals surface area contributed by atoms with Gasteiger partial charge in [-0.1, -0.05) is 12.1 Å². The molecule has 3 aromatic rings. The molecule has 0 N–H and O–H groups in total. The average molecular weight is 396 g/mol. The fraction of sp³-hybridized carbons (Fsp3) is 0.333. The molecule has 1 fully saturated rings. The van der Waals surface area contributed by atoms with Crippen molar-refractivity contribution in [1.82, 2.24) is 19.7 Å². The van der Waals surface area contributed by atoms with E-state index in [9.17, 15) is 14.0 Å². The van der Waals surface area contributed by atoms with Gasteiger partial charge in [0.05, 0.1) is 11.9 Å². The van der Waals surface area contributed by atoms with Gasteiger partial charge in [0.2, 0.25) is 11.8 Å². The van der Waals surface area contributed by atoms with Crippen molar-refractivity contribution in [3.8, 4) is 0 Å². The van der Waals surface area contributed by atoms with E-state index >= 15 is 0 Å². The Morgan fingerprint density at radius 1 is 1.31 bits per heavy atom. The number of benzene rings is 1. The van der Waals surface area contributed by atoms with E-state index in [1.54, 1.807) is 30.2 Å². The minimum absolute atomic E-state index is 0.117. The molecule has 1 saturated heterocycles. The van der Waals surface area contributed by atoms with Gasteiger partial charge in [-0.05, 0) is 43.5 Å². The van der Waals surface area contributed by atoms with Crippen LogP contribution in [0.4, 0.5) is 4.39 Å². The Morgan fingerprint density at radius 2 is 2.17 bits per heavy atom. The summed E-state index contributed by atoms with van der Waals surface area (Å²) in [5.41, 5.74) is 1.15. The molecule has 0 unspecified atom stereocenters. The van der Waals surface area contributed by atoms with Crippen LogP contribution in [0.3, 0.4) is 0 Å². The van der Waals surface area contributed by atoms with E-state index in [1.165, 1.54) is 22.9 Å². The standard InChI is InChI=1S/C21H21FN4O3/c1-14-7-8-19(27)26(24-14)13-20(28)25-9-3-6-18(25)21-23-12-17(29-21)11-15-4-2-5-16(22)10-15/h2,4-5,7-8,10,12,18H,3,6,9,11,13H2,1H3/t18-/m1/s1. The van der Waals surface area contributed by atoms with Gasteiger partial charge < -0.3 is 9.32 Å². The lowest BCUT2D eigenvalue weighted by molar-refractivity contribution is -0.133. The molecule has 29 heavy (non-hydrogen) atoms. The van der Waals surface area contributed by atoms with E-state index < -0.39 is 0 Å². The van der Waals surface area contributed by atoms with Crippen molar-refractivity contribution < 1.29 is 13.6 Å². The number of aromatic nitrogens is 3. The van der Waals surface area contributed by atoms with Gasteiger partial charge in [0, 0.05) is 19.0 Å². The fourth-order valence-corrected chi connectivity index (χ4v) is 3.61. The molecule has 1 atom stereocenters. The zero-order valence-corrected chi connectivity index (χ0v) is 16.0. The number of hydrogen-bond acceptors (Lipinski definition) is 5. The van der Waals surface area contributed by atoms with Gasteiger partial charge in [-0.25, -0.2) is 14.1 Å². The zero-order valence-electron chi connectivity index (χ0n) is 16.0. The number of hydrogen-bond donors (Lipinski definition) is 0. The van der Waals surface area contributed by atoms with Gasteiger partial charge in [-0.3, -0.25) is 9.59 Å². The second-order valence-corrected chi connectivity index (χ2v) is 7.19. The number of oxazole rings is 1. The number of carbonyl (C=O) groups excluding carboxylic acids is 1. The van der Waals surface area contributed by atoms with Crippen LogP contribution in [0.2, 0.25) is 0 Å². The summed E-state index contributed by atoms with van der Waals surface area (Å²) in [6, 6.07) is 9.08. The second-order valence-electron chi connectivity index (χ2n) is 7.19. The molecule has 8 heteroatoms. The van der Waals surface area contributed by atoms with Gasteiger partial charge in [0.25, 0.3) is 5.56 Å². The van der Waals surface area contributed by atoms with Crippen LogP contribution in [0.1, 0.15) is 41.8 Å². The Kier molecular flexibility index (Phi) is 5.24. The maximum atomic E-state index is 13.4. The predicted octanol–water partition coefficient (Wildman–Crippen LogP) is 2.63. The topological polar surface area (TPSA) is 81.2 Å². The van der Waals surface area contributed by atoms with E-state index in [-0.39, 0.29) is 29.9 Å². The van der Waals surface area contributed by atoms with Gasteiger partial charge in [0.15, 0.2) is 0 Å². The van der Waals surface area contributed by atoms with Crippen LogP contribution in [-0.2, 0) is 17.8 Å². The summed E-state index contributed by atoms with van der Waals surface area (Å²) in [5, 5.41) is 4.13. The highest BCUT2D eigenvalue weighted by Gasteiger charge is 2.33. The minimum Gasteiger partial charge on any atom is -0.443 e. The number of amides is 1. The van der Waals surface area contributed by atoms with Gasteiger partial charge >= 0.3 is 0 Å². The summed E-state index contributed by atoms with van der Waals surface area (Å²) < 4.78 is 20.4. The van der Waals surface area contributed by atoms with Crippen molar-refractivity contribution >= 4 is 5.91 Å². The highest BCUT2D eigenvalue weighted by atomic mass is 19.1. The SMILES string of the molecule is Cc1ccc(=O)n(CC(=O)N2CCC[C@@H]2c2ncc(Cc3cccc(F)c3)o2)n1. The minimum atomic E-state index is -0.312. The largest absolute Gasteiger partial charge is 0.443 e. The summed E-state index contributed by atoms with van der Waals surface area (Å²) >= 11 is 0. The number of likely N-dealkylation sites (tertiary alicyclic amines) is 1. The Hall–Kier alpha value is -3.29. The Balaban J connectivity index is 1.48. The maximum Gasteiger partial charge on any atom is 0.267 e. The van der Waals surface area contributed by atoms with Crippen LogP contribution in [0.5, 0.6) is 0 Å². The molecule has 7 nitrogen and oxygen atoms in total. The molecule has 1 aromatic carbocycles. The molecule has 2 aromatic heterocycles. The number of rotatable bonds is 5. The number of halogens is 1. The van der Waals surface area contributed by atoms with Gasteiger partial charge in [-0.15, -0.1) is 0 Å². The molecule has 4 rings (SSSR count). The highest BCUT2D eigenvalue weighted by Crippen LogP contribution is 2.32. The molecular weight excluding hydrogens is 375 g/mol. The first kappa shape index (κ1) is 19.0. The third-order valence-electron chi connectivity index (χ3n) is 4.98. The van der Waals surface area contributed by atoms with Crippen LogP contribution in [0, 0.1) is 12.7 Å². The first-order chi connectivity index (χ1) is 14.0. The quantitative estimate of drug-likeness (QED) is 0.662. The lowest BCUT2D eigenvalue weighted by atomic mass is 10.1. The monoisotopic (exact) mass is 396 g/mol. The Morgan fingerprint density at radius 3 is 3.00 bits per heavy atom. The molecule has 0 radical (unpaired) electrons. The van der Waals surface area contributed by atoms with Crippen molar-refractivity contribution in [3.63, 3.8) is 0 Å². The lowest BCUT2D eigenvalue weighted by Crippen LogP contribution is -2.37. The van der Waals surface area contributed by atoms with E-state index in [0.29, 0.717) is 30.3 Å². The van der Waals surface area contributed by atoms with Crippen molar-refractivity contribution in [1.29, 1.82) is 0 Å². The summed E-state index contributed by atoms with van der Waals surface area (Å²) in [6.07, 6.45) is 3.61. The van der Waals surface area contributed by atoms with Crippen molar-refractivity contribution in [2.75, 3.05) is 6.54 Å². The predicted molar refractivity (Wildman–Crippen MR) is 103 cm³/mol. The van der Waals surface area contributed by atoms with E-state index in [0.717, 1.165) is 18.4 Å². The molecule has 1 aliphatic rings. The van der Waals surface area contributed by atoms with Crippen LogP contribution in [-0.4, -0.2) is 32.1 Å². The summed E-state index contributed by atoms with van der Waals surface area (Å²) in [6.45, 7) is 2.23. The molecule has 1 amide bonds. The average Bonchev–Trinajstić information content (AvgIpc) is 3.34. The fourth-order valence-electron chi connectivity index (χ4n) is 3.61. The normalized spacial score (nSPS) is 16.3. The van der Waals surface area contributed by atoms with E-state index in [4.69, 9.17) is 4.42 Å². The molecule has 0 spiro atoms. The maximum absolute atomic E-state index is 13.4. The molecule has 1 aliphatic heterocycles. The first-order valence-electron chi connectivity index (χ1n) is 9.53. The summed E-state index contributed by atoms with van der Waals surface area (Å²) in [5.74, 6) is 0.584. The molecule has 3 heterocycles. The van der Waals surface area contributed by atoms with Crippen LogP contribution in [0.15, 0.2) is 51.8 Å². The first-order valence-corrected chi connectivity index (χ1v) is 9.53. The smallest absolute Gasteiger partial charge is 0.267 e. The van der Waals surface area contributed by atoms with Gasteiger partial charge in [-0.2, -0.15) is 5.10 Å². The van der Waals surface area contributed by atoms with E-state index in [1.807, 2.05) is 6.07 Å². The van der Waals surface area contributed by atoms with Crippen molar-refractivity contribution in [2.24, 2.45) is 0 Å². The molecular formula is C21H21FN4O3. The van der Waals surface area contributed by atoms with Crippen molar-refractivity contribution in [2.45, 2.75) is 38.8 Å².